The number of benzene rings is 1. The monoisotopic (exact) mass is 249 g/mol. The molecule has 0 aliphatic carbocycles. The lowest BCUT2D eigenvalue weighted by atomic mass is 9.95. The zero-order chi connectivity index (χ0) is 12.7. The Bertz CT molecular complexity index is 553. The first-order chi connectivity index (χ1) is 8.72. The molecule has 1 amide bonds. The molecule has 1 aromatic rings. The van der Waals surface area contributed by atoms with Crippen LogP contribution in [0.1, 0.15) is 12.0 Å². The Balaban J connectivity index is 2.25. The summed E-state index contributed by atoms with van der Waals surface area (Å²) < 4.78 is 24.3. The summed E-state index contributed by atoms with van der Waals surface area (Å²) >= 11 is 0. The minimum absolute atomic E-state index is 0.0153. The van der Waals surface area contributed by atoms with Crippen molar-refractivity contribution in [1.82, 2.24) is 0 Å². The molecule has 0 fully saturated rings. The first-order valence-corrected chi connectivity index (χ1v) is 5.70. The van der Waals surface area contributed by atoms with Crippen LogP contribution in [-0.2, 0) is 9.53 Å². The normalized spacial score (nSPS) is 19.6. The number of hydrogen-bond acceptors (Lipinski definition) is 3. The lowest BCUT2D eigenvalue weighted by Gasteiger charge is -2.35. The average Bonchev–Trinajstić information content (AvgIpc) is 2.37. The van der Waals surface area contributed by atoms with Crippen LogP contribution in [0.15, 0.2) is 18.4 Å². The van der Waals surface area contributed by atoms with Crippen LogP contribution in [0.25, 0.3) is 5.57 Å². The molecule has 0 saturated heterocycles. The minimum Gasteiger partial charge on any atom is -0.504 e. The predicted molar refractivity (Wildman–Crippen MR) is 63.9 cm³/mol. The number of rotatable bonds is 1. The minimum atomic E-state index is -0.361. The van der Waals surface area contributed by atoms with Crippen molar-refractivity contribution in [2.24, 2.45) is 0 Å². The van der Waals surface area contributed by atoms with E-state index in [4.69, 9.17) is 9.47 Å². The van der Waals surface area contributed by atoms with Crippen molar-refractivity contribution in [3.8, 4) is 5.75 Å². The summed E-state index contributed by atoms with van der Waals surface area (Å²) in [5.41, 5.74) is 1.69. The van der Waals surface area contributed by atoms with Gasteiger partial charge in [0, 0.05) is 17.7 Å². The van der Waals surface area contributed by atoms with Gasteiger partial charge in [0.15, 0.2) is 6.61 Å². The van der Waals surface area contributed by atoms with Gasteiger partial charge in [-0.25, -0.2) is 4.39 Å². The molecule has 2 aliphatic rings. The van der Waals surface area contributed by atoms with Crippen molar-refractivity contribution in [1.29, 1.82) is 0 Å². The molecule has 0 N–H and O–H groups in total. The quantitative estimate of drug-likeness (QED) is 0.714. The van der Waals surface area contributed by atoms with Gasteiger partial charge in [0.05, 0.1) is 19.1 Å². The summed E-state index contributed by atoms with van der Waals surface area (Å²) in [6.07, 6.45) is 2.10. The van der Waals surface area contributed by atoms with Crippen molar-refractivity contribution < 1.29 is 18.7 Å². The van der Waals surface area contributed by atoms with Crippen molar-refractivity contribution in [3.63, 3.8) is 0 Å². The number of methoxy groups -OCH3 is 1. The van der Waals surface area contributed by atoms with Gasteiger partial charge >= 0.3 is 0 Å². The van der Waals surface area contributed by atoms with E-state index in [9.17, 15) is 9.18 Å². The van der Waals surface area contributed by atoms with Crippen LogP contribution in [0.3, 0.4) is 0 Å². The van der Waals surface area contributed by atoms with Crippen LogP contribution in [-0.4, -0.2) is 26.2 Å². The van der Waals surface area contributed by atoms with E-state index in [2.05, 4.69) is 0 Å². The molecular weight excluding hydrogens is 237 g/mol. The second-order valence-electron chi connectivity index (χ2n) is 4.23. The zero-order valence-electron chi connectivity index (χ0n) is 9.90. The summed E-state index contributed by atoms with van der Waals surface area (Å²) in [5.74, 6) is 0.0542. The van der Waals surface area contributed by atoms with Gasteiger partial charge in [0.25, 0.3) is 5.91 Å². The van der Waals surface area contributed by atoms with Gasteiger partial charge < -0.3 is 14.4 Å². The number of halogens is 1. The predicted octanol–water partition coefficient (Wildman–Crippen LogP) is 1.94. The number of hydrogen-bond donors (Lipinski definition) is 0. The summed E-state index contributed by atoms with van der Waals surface area (Å²) in [6.45, 7) is 0.544. The van der Waals surface area contributed by atoms with E-state index < -0.39 is 0 Å². The molecule has 2 aliphatic heterocycles. The number of nitrogens with zero attached hydrogens (tertiary/aromatic N) is 1. The fraction of sp³-hybridized carbons (Fsp3) is 0.308. The Kier molecular flexibility index (Phi) is 2.47. The maximum atomic E-state index is 14.0. The average molecular weight is 249 g/mol. The molecular formula is C13H12FNO3. The van der Waals surface area contributed by atoms with E-state index in [1.165, 1.54) is 19.4 Å². The van der Waals surface area contributed by atoms with E-state index in [0.29, 0.717) is 30.0 Å². The molecule has 5 heteroatoms. The number of amides is 1. The van der Waals surface area contributed by atoms with E-state index >= 15 is 0 Å². The second-order valence-corrected chi connectivity index (χ2v) is 4.23. The van der Waals surface area contributed by atoms with Gasteiger partial charge in [-0.1, -0.05) is 0 Å². The molecule has 0 aromatic heterocycles. The van der Waals surface area contributed by atoms with E-state index in [-0.39, 0.29) is 18.3 Å². The maximum Gasteiger partial charge on any atom is 0.265 e. The molecule has 0 saturated carbocycles. The van der Waals surface area contributed by atoms with E-state index in [0.717, 1.165) is 5.57 Å². The zero-order valence-corrected chi connectivity index (χ0v) is 9.90. The standard InChI is InChI=1S/C13H12FNO3/c1-17-6-8-4-5-15-11(16)7-18-10-3-2-9(14)12(8)13(10)15/h2-3,6H,4-5,7H2,1H3/b8-6-. The largest absolute Gasteiger partial charge is 0.504 e. The molecule has 94 valence electrons. The van der Waals surface area contributed by atoms with Crippen molar-refractivity contribution >= 4 is 17.2 Å². The van der Waals surface area contributed by atoms with Crippen LogP contribution < -0.4 is 9.64 Å². The van der Waals surface area contributed by atoms with Crippen LogP contribution in [0.5, 0.6) is 5.75 Å². The molecule has 0 atom stereocenters. The van der Waals surface area contributed by atoms with E-state index in [1.54, 1.807) is 11.0 Å². The first-order valence-electron chi connectivity index (χ1n) is 5.70. The summed E-state index contributed by atoms with van der Waals surface area (Å²) in [7, 11) is 1.52. The molecule has 4 nitrogen and oxygen atoms in total. The highest BCUT2D eigenvalue weighted by Crippen LogP contribution is 2.44. The van der Waals surface area contributed by atoms with Crippen molar-refractivity contribution in [2.75, 3.05) is 25.2 Å². The Morgan fingerprint density at radius 2 is 2.33 bits per heavy atom. The smallest absolute Gasteiger partial charge is 0.265 e. The summed E-state index contributed by atoms with van der Waals surface area (Å²) in [6, 6.07) is 2.92. The fourth-order valence-electron chi connectivity index (χ4n) is 2.43. The van der Waals surface area contributed by atoms with Crippen molar-refractivity contribution in [2.45, 2.75) is 6.42 Å². The van der Waals surface area contributed by atoms with Crippen LogP contribution in [0.4, 0.5) is 10.1 Å². The Labute approximate surface area is 104 Å². The third kappa shape index (κ3) is 1.47. The molecule has 0 bridgehead atoms. The molecule has 0 spiro atoms. The summed E-state index contributed by atoms with van der Waals surface area (Å²) in [5, 5.41) is 0. The molecule has 3 rings (SSSR count). The van der Waals surface area contributed by atoms with Gasteiger partial charge in [-0.2, -0.15) is 0 Å². The Morgan fingerprint density at radius 3 is 3.11 bits per heavy atom. The van der Waals surface area contributed by atoms with Crippen LogP contribution in [0, 0.1) is 5.82 Å². The van der Waals surface area contributed by atoms with Crippen molar-refractivity contribution in [3.05, 3.63) is 29.8 Å². The molecule has 1 aromatic carbocycles. The van der Waals surface area contributed by atoms with Gasteiger partial charge in [-0.05, 0) is 18.6 Å². The maximum absolute atomic E-state index is 14.0. The van der Waals surface area contributed by atoms with Gasteiger partial charge in [-0.15, -0.1) is 0 Å². The fourth-order valence-corrected chi connectivity index (χ4v) is 2.43. The third-order valence-corrected chi connectivity index (χ3v) is 3.20. The van der Waals surface area contributed by atoms with Gasteiger partial charge in [-0.3, -0.25) is 4.79 Å². The highest BCUT2D eigenvalue weighted by atomic mass is 19.1. The third-order valence-electron chi connectivity index (χ3n) is 3.20. The second kappa shape index (κ2) is 4.01. The Morgan fingerprint density at radius 1 is 1.50 bits per heavy atom. The van der Waals surface area contributed by atoms with Gasteiger partial charge in [0.2, 0.25) is 0 Å². The molecule has 18 heavy (non-hydrogen) atoms. The first kappa shape index (κ1) is 11.1. The highest BCUT2D eigenvalue weighted by molar-refractivity contribution is 6.02. The number of anilines is 1. The van der Waals surface area contributed by atoms with Gasteiger partial charge in [0.1, 0.15) is 11.6 Å². The van der Waals surface area contributed by atoms with Crippen LogP contribution >= 0.6 is 0 Å². The molecule has 0 radical (unpaired) electrons. The Hall–Kier alpha value is -2.04. The molecule has 2 heterocycles. The number of carbonyl (C=O) groups is 1. The van der Waals surface area contributed by atoms with Crippen LogP contribution in [0.2, 0.25) is 0 Å². The lowest BCUT2D eigenvalue weighted by molar-refractivity contribution is -0.121. The number of carbonyl (C=O) groups excluding carboxylic acids is 1. The van der Waals surface area contributed by atoms with E-state index in [1.807, 2.05) is 0 Å². The topological polar surface area (TPSA) is 38.8 Å². The molecule has 0 unspecified atom stereocenters. The SMILES string of the molecule is CO/C=C1/CCN2C(=O)COc3ccc(F)c1c32. The summed E-state index contributed by atoms with van der Waals surface area (Å²) in [4.78, 5) is 13.4. The lowest BCUT2D eigenvalue weighted by Crippen LogP contribution is -2.42. The number of ether oxygens (including phenoxy) is 2. The highest BCUT2D eigenvalue weighted by Gasteiger charge is 2.34.